The molecule has 0 spiro atoms. The van der Waals surface area contributed by atoms with Crippen LogP contribution in [0, 0.1) is 11.3 Å². The number of alkyl halides is 6. The van der Waals surface area contributed by atoms with Gasteiger partial charge in [0.15, 0.2) is 5.60 Å². The number of benzene rings is 1. The molecule has 2 N–H and O–H groups in total. The first-order chi connectivity index (χ1) is 14.1. The molecule has 2 aromatic rings. The number of aliphatic hydroxyl groups is 1. The molecule has 2 unspecified atom stereocenters. The van der Waals surface area contributed by atoms with Gasteiger partial charge in [0.05, 0.1) is 5.57 Å². The maximum atomic E-state index is 14.0. The highest BCUT2D eigenvalue weighted by Crippen LogP contribution is 2.48. The second kappa shape index (κ2) is 7.73. The molecule has 1 aliphatic rings. The molecular formula is C23H25F6NO. The summed E-state index contributed by atoms with van der Waals surface area (Å²) in [5, 5.41) is 11.5. The van der Waals surface area contributed by atoms with Gasteiger partial charge in [-0.2, -0.15) is 26.3 Å². The van der Waals surface area contributed by atoms with Crippen LogP contribution in [0.4, 0.5) is 26.3 Å². The number of para-hydroxylation sites is 1. The third kappa shape index (κ3) is 5.00. The van der Waals surface area contributed by atoms with Crippen LogP contribution in [0.5, 0.6) is 0 Å². The highest BCUT2D eigenvalue weighted by atomic mass is 19.4. The molecule has 2 atom stereocenters. The maximum absolute atomic E-state index is 14.0. The van der Waals surface area contributed by atoms with Crippen molar-refractivity contribution >= 4 is 10.9 Å². The molecule has 170 valence electrons. The van der Waals surface area contributed by atoms with Gasteiger partial charge in [-0.3, -0.25) is 0 Å². The number of H-pyrrole nitrogens is 1. The van der Waals surface area contributed by atoms with E-state index >= 15 is 0 Å². The minimum absolute atomic E-state index is 0.201. The summed E-state index contributed by atoms with van der Waals surface area (Å²) in [5.74, 6) is -0.469. The van der Waals surface area contributed by atoms with E-state index in [0.717, 1.165) is 12.2 Å². The van der Waals surface area contributed by atoms with Gasteiger partial charge >= 0.3 is 12.4 Å². The van der Waals surface area contributed by atoms with E-state index in [-0.39, 0.29) is 17.7 Å². The largest absolute Gasteiger partial charge is 0.417 e. The predicted molar refractivity (Wildman–Crippen MR) is 107 cm³/mol. The third-order valence-electron chi connectivity index (χ3n) is 5.86. The Hall–Kier alpha value is -2.22. The van der Waals surface area contributed by atoms with E-state index in [9.17, 15) is 31.4 Å². The first kappa shape index (κ1) is 23.4. The van der Waals surface area contributed by atoms with Crippen LogP contribution in [0.25, 0.3) is 10.9 Å². The van der Waals surface area contributed by atoms with Crippen molar-refractivity contribution in [2.24, 2.45) is 11.3 Å². The van der Waals surface area contributed by atoms with Crippen molar-refractivity contribution in [2.45, 2.75) is 58.0 Å². The van der Waals surface area contributed by atoms with Crippen molar-refractivity contribution in [3.05, 3.63) is 59.3 Å². The van der Waals surface area contributed by atoms with Crippen LogP contribution in [-0.2, 0) is 6.42 Å². The molecule has 0 fully saturated rings. The van der Waals surface area contributed by atoms with Crippen molar-refractivity contribution in [2.75, 3.05) is 0 Å². The highest BCUT2D eigenvalue weighted by molar-refractivity contribution is 5.80. The minimum Gasteiger partial charge on any atom is -0.380 e. The molecule has 0 amide bonds. The Bertz CT molecular complexity index is 978. The number of nitrogens with one attached hydrogen (secondary N) is 1. The second-order valence-corrected chi connectivity index (χ2v) is 9.12. The van der Waals surface area contributed by atoms with Crippen molar-refractivity contribution in [1.82, 2.24) is 4.98 Å². The van der Waals surface area contributed by atoms with Crippen LogP contribution in [0.15, 0.2) is 53.6 Å². The molecule has 1 aliphatic carbocycles. The van der Waals surface area contributed by atoms with Crippen LogP contribution in [-0.4, -0.2) is 28.0 Å². The van der Waals surface area contributed by atoms with Crippen molar-refractivity contribution in [3.63, 3.8) is 0 Å². The van der Waals surface area contributed by atoms with E-state index in [4.69, 9.17) is 0 Å². The van der Waals surface area contributed by atoms with Gasteiger partial charge in [-0.1, -0.05) is 56.7 Å². The zero-order valence-electron chi connectivity index (χ0n) is 17.5. The molecule has 1 aromatic heterocycles. The SMILES string of the molecule is CC1C=C(C(F)(F)F)C=C(C(C)(C)CC(O)(Cc2cc3ccccc3[nH]2)C(F)(F)F)C1. The Labute approximate surface area is 176 Å². The van der Waals surface area contributed by atoms with E-state index in [1.165, 1.54) is 13.8 Å². The van der Waals surface area contributed by atoms with Gasteiger partial charge in [0.1, 0.15) is 0 Å². The van der Waals surface area contributed by atoms with Gasteiger partial charge in [0.25, 0.3) is 0 Å². The van der Waals surface area contributed by atoms with E-state index in [1.54, 1.807) is 37.3 Å². The molecule has 2 nitrogen and oxygen atoms in total. The Balaban J connectivity index is 1.94. The number of rotatable bonds is 5. The second-order valence-electron chi connectivity index (χ2n) is 9.12. The van der Waals surface area contributed by atoms with E-state index in [0.29, 0.717) is 10.9 Å². The number of aromatic nitrogens is 1. The fourth-order valence-electron chi connectivity index (χ4n) is 4.31. The van der Waals surface area contributed by atoms with Crippen LogP contribution < -0.4 is 0 Å². The summed E-state index contributed by atoms with van der Waals surface area (Å²) in [6.45, 7) is 4.49. The lowest BCUT2D eigenvalue weighted by molar-refractivity contribution is -0.268. The zero-order chi connectivity index (χ0) is 23.2. The highest BCUT2D eigenvalue weighted by Gasteiger charge is 2.56. The monoisotopic (exact) mass is 445 g/mol. The quantitative estimate of drug-likeness (QED) is 0.484. The summed E-state index contributed by atoms with van der Waals surface area (Å²) >= 11 is 0. The lowest BCUT2D eigenvalue weighted by Crippen LogP contribution is -2.50. The fraction of sp³-hybridized carbons (Fsp3) is 0.478. The van der Waals surface area contributed by atoms with E-state index in [1.807, 2.05) is 0 Å². The average Bonchev–Trinajstić information content (AvgIpc) is 3.00. The molecule has 0 bridgehead atoms. The Kier molecular flexibility index (Phi) is 5.84. The number of hydrogen-bond acceptors (Lipinski definition) is 1. The van der Waals surface area contributed by atoms with Gasteiger partial charge in [-0.25, -0.2) is 0 Å². The normalized spacial score (nSPS) is 20.4. The molecule has 0 radical (unpaired) electrons. The molecule has 0 aliphatic heterocycles. The number of allylic oxidation sites excluding steroid dienone is 4. The number of fused-ring (bicyclic) bond motifs is 1. The van der Waals surface area contributed by atoms with Gasteiger partial charge in [-0.05, 0) is 41.7 Å². The van der Waals surface area contributed by atoms with Gasteiger partial charge < -0.3 is 10.1 Å². The third-order valence-corrected chi connectivity index (χ3v) is 5.86. The molecule has 1 heterocycles. The van der Waals surface area contributed by atoms with Gasteiger partial charge in [-0.15, -0.1) is 0 Å². The molecule has 3 rings (SSSR count). The summed E-state index contributed by atoms with van der Waals surface area (Å²) in [6.07, 6.45) is -8.82. The summed E-state index contributed by atoms with van der Waals surface area (Å²) in [5.41, 5.74) is -4.19. The maximum Gasteiger partial charge on any atom is 0.417 e. The van der Waals surface area contributed by atoms with Gasteiger partial charge in [0, 0.05) is 17.6 Å². The van der Waals surface area contributed by atoms with Crippen LogP contribution in [0.3, 0.4) is 0 Å². The van der Waals surface area contributed by atoms with E-state index < -0.39 is 47.7 Å². The Morgan fingerprint density at radius 1 is 1.06 bits per heavy atom. The number of aromatic amines is 1. The molecule has 1 aromatic carbocycles. The standard InChI is InChI=1S/C23H25F6NO/c1-14-8-16(11-17(9-14)22(24,25)26)20(2,3)13-21(31,23(27,28)29)12-18-10-15-6-4-5-7-19(15)30-18/h4-7,9-11,14,30-31H,8,12-13H2,1-3H3. The number of halogens is 6. The van der Waals surface area contributed by atoms with Crippen molar-refractivity contribution < 1.29 is 31.4 Å². The Morgan fingerprint density at radius 3 is 2.29 bits per heavy atom. The lowest BCUT2D eigenvalue weighted by atomic mass is 9.69. The smallest absolute Gasteiger partial charge is 0.380 e. The van der Waals surface area contributed by atoms with Crippen LogP contribution in [0.2, 0.25) is 0 Å². The van der Waals surface area contributed by atoms with Crippen LogP contribution in [0.1, 0.15) is 39.3 Å². The van der Waals surface area contributed by atoms with E-state index in [2.05, 4.69) is 4.98 Å². The minimum atomic E-state index is -4.97. The first-order valence-electron chi connectivity index (χ1n) is 9.96. The molecule has 0 saturated carbocycles. The lowest BCUT2D eigenvalue weighted by Gasteiger charge is -2.40. The summed E-state index contributed by atoms with van der Waals surface area (Å²) < 4.78 is 81.8. The predicted octanol–water partition coefficient (Wildman–Crippen LogP) is 6.88. The summed E-state index contributed by atoms with van der Waals surface area (Å²) in [7, 11) is 0. The zero-order valence-corrected chi connectivity index (χ0v) is 17.5. The molecule has 31 heavy (non-hydrogen) atoms. The van der Waals surface area contributed by atoms with Crippen molar-refractivity contribution in [1.29, 1.82) is 0 Å². The fourth-order valence-corrected chi connectivity index (χ4v) is 4.31. The van der Waals surface area contributed by atoms with Crippen LogP contribution >= 0.6 is 0 Å². The molecule has 0 saturated heterocycles. The molecule has 8 heteroatoms. The van der Waals surface area contributed by atoms with Crippen molar-refractivity contribution in [3.8, 4) is 0 Å². The average molecular weight is 445 g/mol. The molecular weight excluding hydrogens is 420 g/mol. The summed E-state index contributed by atoms with van der Waals surface area (Å²) in [6, 6.07) is 8.50. The topological polar surface area (TPSA) is 36.0 Å². The number of hydrogen-bond donors (Lipinski definition) is 2. The first-order valence-corrected chi connectivity index (χ1v) is 9.96. The Morgan fingerprint density at radius 2 is 1.71 bits per heavy atom. The summed E-state index contributed by atoms with van der Waals surface area (Å²) in [4.78, 5) is 2.89. The van der Waals surface area contributed by atoms with Gasteiger partial charge in [0.2, 0.25) is 0 Å².